The molecule has 7 heavy (non-hydrogen) atoms. The number of nitrogens with zero attached hydrogens (tertiary/aromatic N) is 1. The summed E-state index contributed by atoms with van der Waals surface area (Å²) < 4.78 is 1.54. The maximum atomic E-state index is 6.67. The molecule has 35 valence electrons. The second-order valence-electron chi connectivity index (χ2n) is 1.17. The van der Waals surface area contributed by atoms with E-state index in [0.717, 1.165) is 0 Å². The zero-order valence-electron chi connectivity index (χ0n) is 3.76. The van der Waals surface area contributed by atoms with Crippen LogP contribution in [0.15, 0.2) is 18.3 Å². The van der Waals surface area contributed by atoms with Crippen molar-refractivity contribution in [3.05, 3.63) is 24.5 Å². The molecule has 0 aliphatic heterocycles. The lowest BCUT2D eigenvalue weighted by Gasteiger charge is -1.79. The van der Waals surface area contributed by atoms with E-state index in [1.807, 2.05) is 6.07 Å². The van der Waals surface area contributed by atoms with E-state index >= 15 is 0 Å². The van der Waals surface area contributed by atoms with Crippen molar-refractivity contribution in [2.24, 2.45) is 0 Å². The van der Waals surface area contributed by atoms with Crippen molar-refractivity contribution in [2.75, 3.05) is 0 Å². The first-order valence-electron chi connectivity index (χ1n) is 1.98. The number of aromatic nitrogens is 1. The Bertz CT molecular complexity index is 141. The number of hydrogen-bond donors (Lipinski definition) is 1. The molecule has 2 nitrogen and oxygen atoms in total. The van der Waals surface area contributed by atoms with E-state index in [0.29, 0.717) is 0 Å². The number of rotatable bonds is 1. The fraction of sp³-hybridized carbons (Fsp3) is 0. The van der Waals surface area contributed by atoms with Gasteiger partial charge in [0.05, 0.1) is 12.5 Å². The maximum absolute atomic E-state index is 6.67. The minimum atomic E-state index is 1.19. The third-order valence-corrected chi connectivity index (χ3v) is 0.706. The summed E-state index contributed by atoms with van der Waals surface area (Å²) in [4.78, 5) is 0. The van der Waals surface area contributed by atoms with E-state index in [9.17, 15) is 0 Å². The first-order chi connectivity index (χ1) is 3.43. The van der Waals surface area contributed by atoms with Crippen molar-refractivity contribution < 1.29 is 0 Å². The van der Waals surface area contributed by atoms with Crippen LogP contribution in [0.5, 0.6) is 0 Å². The Morgan fingerprint density at radius 2 is 2.57 bits per heavy atom. The summed E-state index contributed by atoms with van der Waals surface area (Å²) in [7, 11) is 0. The summed E-state index contributed by atoms with van der Waals surface area (Å²) in [5, 5.41) is 6.67. The third kappa shape index (κ3) is 0.682. The van der Waals surface area contributed by atoms with Gasteiger partial charge in [0.25, 0.3) is 0 Å². The molecule has 0 aliphatic carbocycles. The van der Waals surface area contributed by atoms with Gasteiger partial charge >= 0.3 is 0 Å². The summed E-state index contributed by atoms with van der Waals surface area (Å²) in [5.41, 5.74) is 0. The Hall–Kier alpha value is -1.05. The van der Waals surface area contributed by atoms with Crippen LogP contribution in [0.1, 0.15) is 0 Å². The molecule has 0 bridgehead atoms. The minimum Gasteiger partial charge on any atom is -0.306 e. The van der Waals surface area contributed by atoms with E-state index in [-0.39, 0.29) is 0 Å². The van der Waals surface area contributed by atoms with Gasteiger partial charge in [-0.3, -0.25) is 5.41 Å². The Kier molecular flexibility index (Phi) is 0.941. The average molecular weight is 93.1 g/mol. The zero-order chi connectivity index (χ0) is 5.11. The topological polar surface area (TPSA) is 28.8 Å². The van der Waals surface area contributed by atoms with Gasteiger partial charge in [-0.15, -0.1) is 0 Å². The van der Waals surface area contributed by atoms with E-state index < -0.39 is 0 Å². The summed E-state index contributed by atoms with van der Waals surface area (Å²) in [6, 6.07) is 3.58. The summed E-state index contributed by atoms with van der Waals surface area (Å²) >= 11 is 0. The second kappa shape index (κ2) is 1.60. The number of hydrogen-bond acceptors (Lipinski definition) is 1. The zero-order valence-corrected chi connectivity index (χ0v) is 3.76. The van der Waals surface area contributed by atoms with Crippen molar-refractivity contribution in [3.8, 4) is 0 Å². The Balaban J connectivity index is 2.96. The van der Waals surface area contributed by atoms with Gasteiger partial charge in [0, 0.05) is 6.20 Å². The average Bonchev–Trinajstić information content (AvgIpc) is 2.14. The fourth-order valence-electron chi connectivity index (χ4n) is 0.388. The summed E-state index contributed by atoms with van der Waals surface area (Å²) in [5.74, 6) is 0. The van der Waals surface area contributed by atoms with Crippen LogP contribution in [0.4, 0.5) is 0 Å². The van der Waals surface area contributed by atoms with Crippen molar-refractivity contribution >= 4 is 6.34 Å². The molecule has 1 aromatic heterocycles. The molecule has 0 fully saturated rings. The van der Waals surface area contributed by atoms with Gasteiger partial charge in [-0.05, 0) is 12.1 Å². The van der Waals surface area contributed by atoms with E-state index in [4.69, 9.17) is 5.41 Å². The minimum absolute atomic E-state index is 1.19. The Morgan fingerprint density at radius 3 is 2.86 bits per heavy atom. The van der Waals surface area contributed by atoms with Crippen LogP contribution >= 0.6 is 0 Å². The first-order valence-corrected chi connectivity index (χ1v) is 1.98. The molecule has 1 heterocycles. The maximum Gasteiger partial charge on any atom is 0.0903 e. The van der Waals surface area contributed by atoms with Gasteiger partial charge < -0.3 is 4.57 Å². The lowest BCUT2D eigenvalue weighted by molar-refractivity contribution is 1.17. The largest absolute Gasteiger partial charge is 0.306 e. The van der Waals surface area contributed by atoms with Gasteiger partial charge in [-0.1, -0.05) is 0 Å². The highest BCUT2D eigenvalue weighted by Crippen LogP contribution is 1.80. The highest BCUT2D eigenvalue weighted by Gasteiger charge is 1.74. The molecule has 0 saturated carbocycles. The molecule has 1 radical (unpaired) electrons. The molecule has 2 heteroatoms. The second-order valence-corrected chi connectivity index (χ2v) is 1.17. The summed E-state index contributed by atoms with van der Waals surface area (Å²) in [6.07, 6.45) is 5.71. The van der Waals surface area contributed by atoms with Crippen LogP contribution in [0.3, 0.4) is 0 Å². The van der Waals surface area contributed by atoms with Crippen LogP contribution in [0.2, 0.25) is 0 Å². The summed E-state index contributed by atoms with van der Waals surface area (Å²) in [6.45, 7) is 0. The molecular weight excluding hydrogens is 88.1 g/mol. The molecule has 0 amide bonds. The number of nitrogens with one attached hydrogen (secondary N) is 1. The molecule has 1 rings (SSSR count). The van der Waals surface area contributed by atoms with Crippen molar-refractivity contribution in [3.63, 3.8) is 0 Å². The smallest absolute Gasteiger partial charge is 0.0903 e. The SMILES string of the molecule is N=Cn1[c]ccc1. The van der Waals surface area contributed by atoms with Gasteiger partial charge in [0.2, 0.25) is 0 Å². The Morgan fingerprint density at radius 1 is 1.71 bits per heavy atom. The molecule has 0 aromatic carbocycles. The van der Waals surface area contributed by atoms with Gasteiger partial charge in [-0.25, -0.2) is 0 Å². The molecule has 0 saturated heterocycles. The normalized spacial score (nSPS) is 8.57. The predicted molar refractivity (Wildman–Crippen MR) is 27.4 cm³/mol. The lowest BCUT2D eigenvalue weighted by atomic mass is 10.7. The molecule has 0 spiro atoms. The van der Waals surface area contributed by atoms with E-state index in [2.05, 4.69) is 6.20 Å². The standard InChI is InChI=1S/C5H5N2/c6-5-7-3-1-2-4-7/h1-3,5-6H. The quantitative estimate of drug-likeness (QED) is 0.392. The molecule has 0 aliphatic rings. The molecule has 0 unspecified atom stereocenters. The fourth-order valence-corrected chi connectivity index (χ4v) is 0.388. The molecule has 0 atom stereocenters. The van der Waals surface area contributed by atoms with Crippen molar-refractivity contribution in [1.29, 1.82) is 5.41 Å². The van der Waals surface area contributed by atoms with E-state index in [1.54, 1.807) is 16.8 Å². The highest BCUT2D eigenvalue weighted by molar-refractivity contribution is 5.53. The van der Waals surface area contributed by atoms with Gasteiger partial charge in [0.1, 0.15) is 0 Å². The molecular formula is C5H5N2. The van der Waals surface area contributed by atoms with Gasteiger partial charge in [0.15, 0.2) is 0 Å². The third-order valence-electron chi connectivity index (χ3n) is 0.706. The van der Waals surface area contributed by atoms with Crippen LogP contribution < -0.4 is 0 Å². The van der Waals surface area contributed by atoms with Crippen LogP contribution in [-0.4, -0.2) is 10.9 Å². The first kappa shape index (κ1) is 4.12. The molecule has 1 aromatic rings. The van der Waals surface area contributed by atoms with Crippen LogP contribution in [0.25, 0.3) is 0 Å². The molecule has 1 N–H and O–H groups in total. The van der Waals surface area contributed by atoms with Crippen LogP contribution in [-0.2, 0) is 0 Å². The monoisotopic (exact) mass is 93.0 g/mol. The van der Waals surface area contributed by atoms with Crippen molar-refractivity contribution in [2.45, 2.75) is 0 Å². The van der Waals surface area contributed by atoms with Crippen LogP contribution in [0, 0.1) is 11.6 Å². The van der Waals surface area contributed by atoms with Crippen molar-refractivity contribution in [1.82, 2.24) is 4.57 Å². The van der Waals surface area contributed by atoms with Gasteiger partial charge in [-0.2, -0.15) is 0 Å². The predicted octanol–water partition coefficient (Wildman–Crippen LogP) is 0.743. The highest BCUT2D eigenvalue weighted by atomic mass is 14.9. The van der Waals surface area contributed by atoms with E-state index in [1.165, 1.54) is 6.34 Å². The lowest BCUT2D eigenvalue weighted by Crippen LogP contribution is -1.85. The Labute approximate surface area is 41.9 Å².